The van der Waals surface area contributed by atoms with Crippen molar-refractivity contribution in [2.45, 2.75) is 717 Å². The molecule has 0 bridgehead atoms. The third-order valence-corrected chi connectivity index (χ3v) is 26.7. The summed E-state index contributed by atoms with van der Waals surface area (Å²) in [4.78, 5) is 47.2. The quantitative estimate of drug-likeness (QED) is 0.0337. The first-order chi connectivity index (χ1) is 62.7. The SMILES string of the molecule is CCCCCCCCCCCCCCCCC(=O)OCCCCCCCCCCCCCC.CCCCCCCCCCCCCCCCCCC(=O)OCCCCCCCCCCCCCC.CCCCCCCCCCCCCCOC(=O)CCCCCCCCCCC.CCCCCCCCCCCCCCOC(=O)CCCCCCCCCCCCCC. The highest BCUT2D eigenvalue weighted by molar-refractivity contribution is 5.70. The fourth-order valence-electron chi connectivity index (χ4n) is 17.8. The summed E-state index contributed by atoms with van der Waals surface area (Å²) in [6, 6.07) is 0. The van der Waals surface area contributed by atoms with Crippen LogP contribution in [0.15, 0.2) is 0 Å². The van der Waals surface area contributed by atoms with Gasteiger partial charge in [0, 0.05) is 25.7 Å². The predicted octanol–water partition coefficient (Wildman–Crippen LogP) is 42.5. The fourth-order valence-corrected chi connectivity index (χ4v) is 17.8. The molecule has 0 aromatic rings. The van der Waals surface area contributed by atoms with Crippen LogP contribution < -0.4 is 0 Å². The molecule has 0 N–H and O–H groups in total. The molecule has 127 heavy (non-hydrogen) atoms. The first-order valence-electron chi connectivity index (χ1n) is 59.4. The van der Waals surface area contributed by atoms with Gasteiger partial charge in [0.2, 0.25) is 0 Å². The van der Waals surface area contributed by atoms with Gasteiger partial charge >= 0.3 is 23.9 Å². The van der Waals surface area contributed by atoms with Crippen molar-refractivity contribution in [3.8, 4) is 0 Å². The summed E-state index contributed by atoms with van der Waals surface area (Å²) < 4.78 is 21.6. The zero-order chi connectivity index (χ0) is 92.8. The second-order valence-corrected chi connectivity index (χ2v) is 40.1. The van der Waals surface area contributed by atoms with Gasteiger partial charge in [-0.2, -0.15) is 0 Å². The molecular weight excluding hydrogens is 1560 g/mol. The summed E-state index contributed by atoms with van der Waals surface area (Å²) in [6.45, 7) is 20.8. The number of ether oxygens (including phenoxy) is 4. The minimum atomic E-state index is 0.0195. The van der Waals surface area contributed by atoms with E-state index in [9.17, 15) is 19.2 Å². The van der Waals surface area contributed by atoms with Crippen LogP contribution in [0.4, 0.5) is 0 Å². The van der Waals surface area contributed by atoms with Crippen LogP contribution in [-0.4, -0.2) is 50.3 Å². The Morgan fingerprint density at radius 2 is 0.173 bits per heavy atom. The lowest BCUT2D eigenvalue weighted by Crippen LogP contribution is -2.05. The van der Waals surface area contributed by atoms with E-state index in [0.717, 1.165) is 51.4 Å². The van der Waals surface area contributed by atoms with Gasteiger partial charge in [0.15, 0.2) is 0 Å². The smallest absolute Gasteiger partial charge is 0.305 e. The Kier molecular flexibility index (Phi) is 132. The fraction of sp³-hybridized carbons (Fsp3) is 0.966. The number of hydrogen-bond donors (Lipinski definition) is 0. The average molecular weight is 1800 g/mol. The summed E-state index contributed by atoms with van der Waals surface area (Å²) in [6.07, 6.45) is 135. The molecule has 0 saturated carbocycles. The van der Waals surface area contributed by atoms with Crippen LogP contribution in [-0.2, 0) is 38.1 Å². The molecule has 0 atom stereocenters. The molecule has 762 valence electrons. The van der Waals surface area contributed by atoms with Gasteiger partial charge in [-0.25, -0.2) is 0 Å². The molecule has 0 fully saturated rings. The first kappa shape index (κ1) is 131. The van der Waals surface area contributed by atoms with Crippen molar-refractivity contribution in [1.82, 2.24) is 0 Å². The van der Waals surface area contributed by atoms with E-state index in [1.165, 1.54) is 584 Å². The van der Waals surface area contributed by atoms with Gasteiger partial charge in [-0.15, -0.1) is 0 Å². The maximum atomic E-state index is 11.9. The molecular formula is C119H238O8. The zero-order valence-corrected chi connectivity index (χ0v) is 88.9. The molecule has 0 aliphatic carbocycles. The van der Waals surface area contributed by atoms with Gasteiger partial charge in [-0.1, -0.05) is 640 Å². The number of hydrogen-bond acceptors (Lipinski definition) is 8. The summed E-state index contributed by atoms with van der Waals surface area (Å²) >= 11 is 0. The molecule has 0 rings (SSSR count). The molecule has 8 heteroatoms. The molecule has 0 aromatic carbocycles. The average Bonchev–Trinajstić information content (AvgIpc) is 1.05. The van der Waals surface area contributed by atoms with E-state index in [2.05, 4.69) is 55.4 Å². The van der Waals surface area contributed by atoms with Crippen molar-refractivity contribution in [2.75, 3.05) is 26.4 Å². The predicted molar refractivity (Wildman–Crippen MR) is 565 cm³/mol. The van der Waals surface area contributed by atoms with Gasteiger partial charge in [0.25, 0.3) is 0 Å². The van der Waals surface area contributed by atoms with E-state index in [-0.39, 0.29) is 23.9 Å². The highest BCUT2D eigenvalue weighted by atomic mass is 16.5. The van der Waals surface area contributed by atoms with E-state index in [0.29, 0.717) is 52.1 Å². The summed E-state index contributed by atoms with van der Waals surface area (Å²) in [7, 11) is 0. The molecule has 8 nitrogen and oxygen atoms in total. The summed E-state index contributed by atoms with van der Waals surface area (Å²) in [5, 5.41) is 0. The largest absolute Gasteiger partial charge is 0.466 e. The van der Waals surface area contributed by atoms with Crippen molar-refractivity contribution in [3.63, 3.8) is 0 Å². The summed E-state index contributed by atoms with van der Waals surface area (Å²) in [5.74, 6) is 0.0941. The molecule has 0 aromatic heterocycles. The lowest BCUT2D eigenvalue weighted by Gasteiger charge is -2.06. The Balaban J connectivity index is -0.000000797. The Morgan fingerprint density at radius 1 is 0.102 bits per heavy atom. The second kappa shape index (κ2) is 128. The number of carbonyl (C=O) groups excluding carboxylic acids is 4. The third kappa shape index (κ3) is 135. The summed E-state index contributed by atoms with van der Waals surface area (Å²) in [5.41, 5.74) is 0. The Morgan fingerprint density at radius 3 is 0.260 bits per heavy atom. The number of rotatable bonds is 107. The molecule has 0 amide bonds. The first-order valence-corrected chi connectivity index (χ1v) is 59.4. The van der Waals surface area contributed by atoms with Crippen molar-refractivity contribution in [3.05, 3.63) is 0 Å². The third-order valence-electron chi connectivity index (χ3n) is 26.7. The molecule has 0 radical (unpaired) electrons. The maximum Gasteiger partial charge on any atom is 0.305 e. The monoisotopic (exact) mass is 1800 g/mol. The highest BCUT2D eigenvalue weighted by Gasteiger charge is 2.09. The molecule has 0 saturated heterocycles. The molecule has 0 unspecified atom stereocenters. The lowest BCUT2D eigenvalue weighted by atomic mass is 10.0. The standard InChI is InChI=1S/C33H66O2.C31H62O2.C29H58O2.C26H52O2/c1-3-5-7-9-11-13-15-17-18-19-20-21-23-25-27-29-31-33(34)35-32-30-28-26-24-22-16-14-12-10-8-6-4-2;1-3-5-7-9-11-13-15-17-18-19-21-23-25-27-29-31(32)33-30-28-26-24-22-20-16-14-12-10-8-6-4-2;1-3-5-7-9-11-13-15-17-19-21-23-25-27-29(30)31-28-26-24-22-20-18-16-14-12-10-8-6-4-2;1-3-5-7-9-11-13-14-15-17-19-21-23-25-28-26(27)24-22-20-18-16-12-10-8-6-4-2/h3-32H2,1-2H3;3-30H2,1-2H3;3-28H2,1-2H3;3-25H2,1-2H3. The van der Waals surface area contributed by atoms with Gasteiger partial charge in [-0.3, -0.25) is 19.2 Å². The van der Waals surface area contributed by atoms with Crippen LogP contribution in [0.3, 0.4) is 0 Å². The Hall–Kier alpha value is -2.12. The van der Waals surface area contributed by atoms with E-state index < -0.39 is 0 Å². The molecule has 0 heterocycles. The van der Waals surface area contributed by atoms with Crippen LogP contribution in [0.1, 0.15) is 717 Å². The van der Waals surface area contributed by atoms with E-state index in [1.54, 1.807) is 0 Å². The van der Waals surface area contributed by atoms with Crippen molar-refractivity contribution >= 4 is 23.9 Å². The minimum Gasteiger partial charge on any atom is -0.466 e. The van der Waals surface area contributed by atoms with Crippen molar-refractivity contribution in [1.29, 1.82) is 0 Å². The Labute approximate surface area is 800 Å². The second-order valence-electron chi connectivity index (χ2n) is 40.1. The van der Waals surface area contributed by atoms with E-state index in [4.69, 9.17) is 18.9 Å². The Bertz CT molecular complexity index is 1940. The van der Waals surface area contributed by atoms with E-state index in [1.807, 2.05) is 0 Å². The normalized spacial score (nSPS) is 11.2. The van der Waals surface area contributed by atoms with Gasteiger partial charge in [0.1, 0.15) is 0 Å². The van der Waals surface area contributed by atoms with Gasteiger partial charge in [-0.05, 0) is 51.4 Å². The highest BCUT2D eigenvalue weighted by Crippen LogP contribution is 2.22. The number of carbonyl (C=O) groups is 4. The zero-order valence-electron chi connectivity index (χ0n) is 88.9. The maximum absolute atomic E-state index is 11.9. The van der Waals surface area contributed by atoms with Crippen LogP contribution in [0.2, 0.25) is 0 Å². The number of unbranched alkanes of at least 4 members (excludes halogenated alkanes) is 91. The van der Waals surface area contributed by atoms with Gasteiger partial charge in [0.05, 0.1) is 26.4 Å². The van der Waals surface area contributed by atoms with Crippen LogP contribution in [0, 0.1) is 0 Å². The van der Waals surface area contributed by atoms with E-state index >= 15 is 0 Å². The minimum absolute atomic E-state index is 0.0195. The van der Waals surface area contributed by atoms with Crippen LogP contribution >= 0.6 is 0 Å². The topological polar surface area (TPSA) is 105 Å². The van der Waals surface area contributed by atoms with Gasteiger partial charge < -0.3 is 18.9 Å². The van der Waals surface area contributed by atoms with Crippen molar-refractivity contribution < 1.29 is 38.1 Å². The molecule has 0 aliphatic heterocycles. The molecule has 0 aliphatic rings. The molecule has 0 spiro atoms. The van der Waals surface area contributed by atoms with Crippen LogP contribution in [0.5, 0.6) is 0 Å². The number of esters is 4. The van der Waals surface area contributed by atoms with Crippen molar-refractivity contribution in [2.24, 2.45) is 0 Å². The van der Waals surface area contributed by atoms with Crippen LogP contribution in [0.25, 0.3) is 0 Å². The lowest BCUT2D eigenvalue weighted by molar-refractivity contribution is -0.144.